The van der Waals surface area contributed by atoms with Gasteiger partial charge in [-0.15, -0.1) is 11.8 Å². The van der Waals surface area contributed by atoms with Crippen molar-refractivity contribution < 1.29 is 4.74 Å². The number of benzene rings is 1. The van der Waals surface area contributed by atoms with Crippen molar-refractivity contribution in [3.63, 3.8) is 0 Å². The fraction of sp³-hybridized carbons (Fsp3) is 0.400. The first-order chi connectivity index (χ1) is 6.33. The second kappa shape index (κ2) is 4.09. The van der Waals surface area contributed by atoms with Gasteiger partial charge in [-0.3, -0.25) is 0 Å². The molecule has 0 radical (unpaired) electrons. The normalized spacial score (nSPS) is 20.9. The van der Waals surface area contributed by atoms with Crippen molar-refractivity contribution in [3.05, 3.63) is 23.8 Å². The molecule has 1 aromatic rings. The molecule has 0 aromatic heterocycles. The summed E-state index contributed by atoms with van der Waals surface area (Å²) in [5.41, 5.74) is 1.39. The van der Waals surface area contributed by atoms with Crippen molar-refractivity contribution >= 4 is 34.4 Å². The van der Waals surface area contributed by atoms with E-state index in [4.69, 9.17) is 4.74 Å². The molecule has 70 valence electrons. The zero-order chi connectivity index (χ0) is 9.26. The van der Waals surface area contributed by atoms with Crippen LogP contribution in [0.2, 0.25) is 0 Å². The highest BCUT2D eigenvalue weighted by atomic mass is 127. The summed E-state index contributed by atoms with van der Waals surface area (Å²) in [7, 11) is 1.75. The zero-order valence-electron chi connectivity index (χ0n) is 7.42. The van der Waals surface area contributed by atoms with Crippen LogP contribution in [0.4, 0.5) is 0 Å². The number of alkyl halides is 1. The predicted octanol–water partition coefficient (Wildman–Crippen LogP) is 3.67. The van der Waals surface area contributed by atoms with Crippen LogP contribution in [0.15, 0.2) is 23.1 Å². The standard InChI is InChI=1S/C10H11IOS/c1-12-8-3-2-4-9-10(8)7(11)5-6-13-9/h2-4,7H,5-6H2,1H3. The molecule has 0 aliphatic carbocycles. The van der Waals surface area contributed by atoms with E-state index >= 15 is 0 Å². The first kappa shape index (κ1) is 9.65. The molecular formula is C10H11IOS. The number of methoxy groups -OCH3 is 1. The van der Waals surface area contributed by atoms with Gasteiger partial charge in [0, 0.05) is 14.4 Å². The fourth-order valence-electron chi connectivity index (χ4n) is 1.55. The van der Waals surface area contributed by atoms with E-state index in [1.54, 1.807) is 7.11 Å². The maximum Gasteiger partial charge on any atom is 0.124 e. The molecule has 0 fully saturated rings. The maximum atomic E-state index is 5.36. The summed E-state index contributed by atoms with van der Waals surface area (Å²) in [5, 5.41) is 0. The van der Waals surface area contributed by atoms with E-state index in [0.717, 1.165) is 5.75 Å². The monoisotopic (exact) mass is 306 g/mol. The molecule has 1 heterocycles. The van der Waals surface area contributed by atoms with E-state index in [1.165, 1.54) is 22.6 Å². The van der Waals surface area contributed by atoms with Crippen LogP contribution in [-0.2, 0) is 0 Å². The Balaban J connectivity index is 2.50. The van der Waals surface area contributed by atoms with Gasteiger partial charge in [0.25, 0.3) is 0 Å². The van der Waals surface area contributed by atoms with Gasteiger partial charge in [-0.1, -0.05) is 28.7 Å². The SMILES string of the molecule is COc1cccc2c1C(I)CCS2. The predicted molar refractivity (Wildman–Crippen MR) is 65.1 cm³/mol. The minimum atomic E-state index is 0.616. The molecule has 1 unspecified atom stereocenters. The van der Waals surface area contributed by atoms with Crippen LogP contribution in [0.3, 0.4) is 0 Å². The summed E-state index contributed by atoms with van der Waals surface area (Å²) in [4.78, 5) is 1.39. The van der Waals surface area contributed by atoms with E-state index in [-0.39, 0.29) is 0 Å². The Morgan fingerprint density at radius 3 is 3.15 bits per heavy atom. The molecule has 1 aliphatic rings. The van der Waals surface area contributed by atoms with Crippen LogP contribution >= 0.6 is 34.4 Å². The summed E-state index contributed by atoms with van der Waals surface area (Å²) in [6.45, 7) is 0. The highest BCUT2D eigenvalue weighted by Gasteiger charge is 2.21. The first-order valence-electron chi connectivity index (χ1n) is 4.26. The number of rotatable bonds is 1. The minimum absolute atomic E-state index is 0.616. The van der Waals surface area contributed by atoms with Gasteiger partial charge in [-0.2, -0.15) is 0 Å². The molecule has 0 bridgehead atoms. The largest absolute Gasteiger partial charge is 0.496 e. The Bertz CT molecular complexity index is 300. The molecule has 3 heteroatoms. The minimum Gasteiger partial charge on any atom is -0.496 e. The Hall–Kier alpha value is 0.1000. The third kappa shape index (κ3) is 1.81. The van der Waals surface area contributed by atoms with Crippen LogP contribution in [0.5, 0.6) is 5.75 Å². The molecule has 13 heavy (non-hydrogen) atoms. The van der Waals surface area contributed by atoms with Crippen LogP contribution in [0.1, 0.15) is 15.9 Å². The maximum absolute atomic E-state index is 5.36. The van der Waals surface area contributed by atoms with Crippen LogP contribution in [0.25, 0.3) is 0 Å². The summed E-state index contributed by atoms with van der Waals surface area (Å²) in [6.07, 6.45) is 1.25. The Labute approximate surface area is 96.4 Å². The van der Waals surface area contributed by atoms with Crippen molar-refractivity contribution in [2.75, 3.05) is 12.9 Å². The van der Waals surface area contributed by atoms with Gasteiger partial charge >= 0.3 is 0 Å². The van der Waals surface area contributed by atoms with Crippen molar-refractivity contribution in [2.45, 2.75) is 15.2 Å². The topological polar surface area (TPSA) is 9.23 Å². The fourth-order valence-corrected chi connectivity index (χ4v) is 4.29. The molecule has 0 N–H and O–H groups in total. The third-order valence-corrected chi connectivity index (χ3v) is 4.54. The van der Waals surface area contributed by atoms with Gasteiger partial charge in [0.05, 0.1) is 7.11 Å². The number of ether oxygens (including phenoxy) is 1. The van der Waals surface area contributed by atoms with Gasteiger partial charge < -0.3 is 4.74 Å². The third-order valence-electron chi connectivity index (χ3n) is 2.19. The Morgan fingerprint density at radius 2 is 2.38 bits per heavy atom. The lowest BCUT2D eigenvalue weighted by Gasteiger charge is -2.22. The number of halogens is 1. The number of thioether (sulfide) groups is 1. The lowest BCUT2D eigenvalue weighted by atomic mass is 10.1. The van der Waals surface area contributed by atoms with Crippen LogP contribution in [0, 0.1) is 0 Å². The number of hydrogen-bond donors (Lipinski definition) is 0. The van der Waals surface area contributed by atoms with Gasteiger partial charge in [-0.25, -0.2) is 0 Å². The molecular weight excluding hydrogens is 295 g/mol. The second-order valence-corrected chi connectivity index (χ2v) is 5.62. The van der Waals surface area contributed by atoms with E-state index in [1.807, 2.05) is 11.8 Å². The first-order valence-corrected chi connectivity index (χ1v) is 6.50. The number of fused-ring (bicyclic) bond motifs is 1. The van der Waals surface area contributed by atoms with Gasteiger partial charge in [0.1, 0.15) is 5.75 Å². The van der Waals surface area contributed by atoms with Crippen molar-refractivity contribution in [3.8, 4) is 5.75 Å². The molecule has 0 saturated carbocycles. The highest BCUT2D eigenvalue weighted by molar-refractivity contribution is 14.1. The average molecular weight is 306 g/mol. The molecule has 2 rings (SSSR count). The lowest BCUT2D eigenvalue weighted by molar-refractivity contribution is 0.407. The van der Waals surface area contributed by atoms with E-state index in [0.29, 0.717) is 3.92 Å². The summed E-state index contributed by atoms with van der Waals surface area (Å²) in [6, 6.07) is 6.31. The van der Waals surface area contributed by atoms with Crippen molar-refractivity contribution in [1.29, 1.82) is 0 Å². The van der Waals surface area contributed by atoms with E-state index in [2.05, 4.69) is 40.8 Å². The Kier molecular flexibility index (Phi) is 3.03. The Morgan fingerprint density at radius 1 is 1.54 bits per heavy atom. The van der Waals surface area contributed by atoms with Gasteiger partial charge in [0.15, 0.2) is 0 Å². The second-order valence-electron chi connectivity index (χ2n) is 2.98. The van der Waals surface area contributed by atoms with Gasteiger partial charge in [0.2, 0.25) is 0 Å². The molecule has 1 aromatic carbocycles. The van der Waals surface area contributed by atoms with Crippen molar-refractivity contribution in [2.24, 2.45) is 0 Å². The van der Waals surface area contributed by atoms with Crippen LogP contribution in [-0.4, -0.2) is 12.9 Å². The summed E-state index contributed by atoms with van der Waals surface area (Å²) < 4.78 is 5.98. The van der Waals surface area contributed by atoms with Crippen LogP contribution < -0.4 is 4.74 Å². The van der Waals surface area contributed by atoms with Gasteiger partial charge in [-0.05, 0) is 24.3 Å². The lowest BCUT2D eigenvalue weighted by Crippen LogP contribution is -2.03. The molecule has 1 aliphatic heterocycles. The van der Waals surface area contributed by atoms with E-state index < -0.39 is 0 Å². The van der Waals surface area contributed by atoms with E-state index in [9.17, 15) is 0 Å². The zero-order valence-corrected chi connectivity index (χ0v) is 10.4. The summed E-state index contributed by atoms with van der Waals surface area (Å²) in [5.74, 6) is 2.28. The highest BCUT2D eigenvalue weighted by Crippen LogP contribution is 2.45. The molecule has 0 spiro atoms. The molecule has 0 saturated heterocycles. The summed E-state index contributed by atoms with van der Waals surface area (Å²) >= 11 is 4.44. The quantitative estimate of drug-likeness (QED) is 0.578. The molecule has 1 nitrogen and oxygen atoms in total. The average Bonchev–Trinajstić information content (AvgIpc) is 2.17. The molecule has 1 atom stereocenters. The number of hydrogen-bond acceptors (Lipinski definition) is 2. The molecule has 0 amide bonds. The smallest absolute Gasteiger partial charge is 0.124 e. The van der Waals surface area contributed by atoms with Crippen molar-refractivity contribution in [1.82, 2.24) is 0 Å².